The smallest absolute Gasteiger partial charge is 0.227 e. The number of nitriles is 1. The molecule has 5 rings (SSSR count). The summed E-state index contributed by atoms with van der Waals surface area (Å²) in [7, 11) is 0. The fourth-order valence-corrected chi connectivity index (χ4v) is 5.56. The average molecular weight is 498 g/mol. The minimum atomic E-state index is -0.0436. The Morgan fingerprint density at radius 3 is 2.50 bits per heavy atom. The van der Waals surface area contributed by atoms with Crippen molar-refractivity contribution < 1.29 is 9.53 Å². The van der Waals surface area contributed by atoms with E-state index in [9.17, 15) is 4.79 Å². The van der Waals surface area contributed by atoms with E-state index in [1.165, 1.54) is 10.4 Å². The maximum Gasteiger partial charge on any atom is 0.227 e. The van der Waals surface area contributed by atoms with Gasteiger partial charge in [0.05, 0.1) is 17.0 Å². The van der Waals surface area contributed by atoms with Gasteiger partial charge in [-0.15, -0.1) is 11.3 Å². The van der Waals surface area contributed by atoms with Gasteiger partial charge in [0.25, 0.3) is 0 Å². The molecule has 182 valence electrons. The fourth-order valence-electron chi connectivity index (χ4n) is 4.57. The lowest BCUT2D eigenvalue weighted by molar-refractivity contribution is -0.120. The number of aromatic nitrogens is 2. The van der Waals surface area contributed by atoms with E-state index in [1.54, 1.807) is 41.9 Å². The standard InChI is InChI=1S/C28H27N5O2S/c1-17-14-23(35-22-6-4-20(15-29)5-7-22)8-9-24(17)32-27(34)21-10-12-33(13-11-21)26-25-18(2)19(3)36-28(25)31-16-30-26/h4-9,14,16,21H,10-13H2,1-3H3,(H,32,34). The number of anilines is 2. The van der Waals surface area contributed by atoms with E-state index >= 15 is 0 Å². The van der Waals surface area contributed by atoms with Gasteiger partial charge in [0.2, 0.25) is 5.91 Å². The highest BCUT2D eigenvalue weighted by Crippen LogP contribution is 2.36. The molecular weight excluding hydrogens is 470 g/mol. The van der Waals surface area contributed by atoms with Crippen molar-refractivity contribution in [3.8, 4) is 17.6 Å². The number of hydrogen-bond donors (Lipinski definition) is 1. The van der Waals surface area contributed by atoms with Gasteiger partial charge in [-0.3, -0.25) is 4.79 Å². The van der Waals surface area contributed by atoms with Crippen molar-refractivity contribution in [2.75, 3.05) is 23.3 Å². The molecule has 1 saturated heterocycles. The van der Waals surface area contributed by atoms with Gasteiger partial charge in [-0.05, 0) is 87.2 Å². The van der Waals surface area contributed by atoms with E-state index in [2.05, 4.69) is 40.1 Å². The van der Waals surface area contributed by atoms with E-state index in [-0.39, 0.29) is 11.8 Å². The third kappa shape index (κ3) is 4.75. The molecule has 0 spiro atoms. The molecule has 1 aliphatic rings. The topological polar surface area (TPSA) is 91.1 Å². The lowest BCUT2D eigenvalue weighted by atomic mass is 9.95. The van der Waals surface area contributed by atoms with Crippen LogP contribution in [0.25, 0.3) is 10.2 Å². The molecule has 0 aliphatic carbocycles. The number of hydrogen-bond acceptors (Lipinski definition) is 7. The number of nitrogens with zero attached hydrogens (tertiary/aromatic N) is 4. The summed E-state index contributed by atoms with van der Waals surface area (Å²) in [5.41, 5.74) is 3.55. The molecule has 0 bridgehead atoms. The van der Waals surface area contributed by atoms with E-state index < -0.39 is 0 Å². The minimum Gasteiger partial charge on any atom is -0.457 e. The van der Waals surface area contributed by atoms with Gasteiger partial charge in [0.1, 0.15) is 28.5 Å². The van der Waals surface area contributed by atoms with Crippen molar-refractivity contribution in [2.45, 2.75) is 33.6 Å². The maximum atomic E-state index is 13.1. The zero-order chi connectivity index (χ0) is 25.2. The average Bonchev–Trinajstić information content (AvgIpc) is 3.19. The predicted octanol–water partition coefficient (Wildman–Crippen LogP) is 6.14. The maximum absolute atomic E-state index is 13.1. The van der Waals surface area contributed by atoms with Gasteiger partial charge >= 0.3 is 0 Å². The fraction of sp³-hybridized carbons (Fsp3) is 0.286. The number of thiophene rings is 1. The summed E-state index contributed by atoms with van der Waals surface area (Å²) in [4.78, 5) is 26.7. The Hall–Kier alpha value is -3.96. The summed E-state index contributed by atoms with van der Waals surface area (Å²) in [5, 5.41) is 13.2. The molecule has 1 fully saturated rings. The Labute approximate surface area is 214 Å². The van der Waals surface area contributed by atoms with Crippen molar-refractivity contribution in [1.29, 1.82) is 5.26 Å². The molecule has 0 saturated carbocycles. The van der Waals surface area contributed by atoms with Gasteiger partial charge in [0, 0.05) is 29.6 Å². The third-order valence-corrected chi connectivity index (χ3v) is 7.90. The lowest BCUT2D eigenvalue weighted by Crippen LogP contribution is -2.38. The third-order valence-electron chi connectivity index (χ3n) is 6.79. The van der Waals surface area contributed by atoms with Gasteiger partial charge in [0.15, 0.2) is 0 Å². The second-order valence-electron chi connectivity index (χ2n) is 9.13. The van der Waals surface area contributed by atoms with Crippen LogP contribution in [0.3, 0.4) is 0 Å². The van der Waals surface area contributed by atoms with Crippen LogP contribution in [0.15, 0.2) is 48.8 Å². The Kier molecular flexibility index (Phi) is 6.57. The lowest BCUT2D eigenvalue weighted by Gasteiger charge is -2.32. The monoisotopic (exact) mass is 497 g/mol. The molecule has 0 atom stereocenters. The Balaban J connectivity index is 1.21. The number of rotatable bonds is 5. The Morgan fingerprint density at radius 1 is 1.08 bits per heavy atom. The molecule has 1 amide bonds. The van der Waals surface area contributed by atoms with E-state index in [0.717, 1.165) is 53.2 Å². The first-order valence-electron chi connectivity index (χ1n) is 12.0. The van der Waals surface area contributed by atoms with Crippen LogP contribution in [0, 0.1) is 38.0 Å². The van der Waals surface area contributed by atoms with Crippen LogP contribution in [0.1, 0.15) is 34.4 Å². The normalized spacial score (nSPS) is 14.0. The van der Waals surface area contributed by atoms with Crippen LogP contribution >= 0.6 is 11.3 Å². The van der Waals surface area contributed by atoms with Crippen LogP contribution < -0.4 is 15.0 Å². The van der Waals surface area contributed by atoms with Crippen LogP contribution in [0.5, 0.6) is 11.5 Å². The first-order chi connectivity index (χ1) is 17.4. The number of ether oxygens (including phenoxy) is 1. The molecule has 2 aromatic carbocycles. The van der Waals surface area contributed by atoms with Crippen LogP contribution in [-0.4, -0.2) is 29.0 Å². The summed E-state index contributed by atoms with van der Waals surface area (Å²) in [6, 6.07) is 14.7. The molecule has 3 heterocycles. The van der Waals surface area contributed by atoms with Crippen molar-refractivity contribution in [2.24, 2.45) is 5.92 Å². The molecule has 1 aliphatic heterocycles. The van der Waals surface area contributed by atoms with Gasteiger partial charge in [-0.1, -0.05) is 0 Å². The van der Waals surface area contributed by atoms with E-state index in [4.69, 9.17) is 10.00 Å². The highest BCUT2D eigenvalue weighted by Gasteiger charge is 2.27. The molecule has 1 N–H and O–H groups in total. The van der Waals surface area contributed by atoms with Crippen molar-refractivity contribution in [3.63, 3.8) is 0 Å². The molecule has 0 radical (unpaired) electrons. The highest BCUT2D eigenvalue weighted by atomic mass is 32.1. The van der Waals surface area contributed by atoms with Crippen LogP contribution in [-0.2, 0) is 4.79 Å². The zero-order valence-electron chi connectivity index (χ0n) is 20.5. The van der Waals surface area contributed by atoms with Gasteiger partial charge < -0.3 is 15.0 Å². The van der Waals surface area contributed by atoms with Crippen LogP contribution in [0.4, 0.5) is 11.5 Å². The van der Waals surface area contributed by atoms with Crippen molar-refractivity contribution in [3.05, 3.63) is 70.4 Å². The number of piperidine rings is 1. The van der Waals surface area contributed by atoms with Gasteiger partial charge in [-0.25, -0.2) is 9.97 Å². The summed E-state index contributed by atoms with van der Waals surface area (Å²) in [5.74, 6) is 2.32. The van der Waals surface area contributed by atoms with E-state index in [1.807, 2.05) is 25.1 Å². The molecule has 8 heteroatoms. The second kappa shape index (κ2) is 9.96. The minimum absolute atomic E-state index is 0.0436. The number of carbonyl (C=O) groups excluding carboxylic acids is 1. The number of carbonyl (C=O) groups is 1. The Bertz CT molecular complexity index is 1460. The van der Waals surface area contributed by atoms with E-state index in [0.29, 0.717) is 17.1 Å². The molecular formula is C28H27N5O2S. The highest BCUT2D eigenvalue weighted by molar-refractivity contribution is 7.18. The van der Waals surface area contributed by atoms with Crippen molar-refractivity contribution in [1.82, 2.24) is 9.97 Å². The molecule has 0 unspecified atom stereocenters. The predicted molar refractivity (Wildman–Crippen MR) is 143 cm³/mol. The number of fused-ring (bicyclic) bond motifs is 1. The molecule has 36 heavy (non-hydrogen) atoms. The Morgan fingerprint density at radius 2 is 1.81 bits per heavy atom. The number of nitrogens with one attached hydrogen (secondary N) is 1. The SMILES string of the molecule is Cc1cc(Oc2ccc(C#N)cc2)ccc1NC(=O)C1CCN(c2ncnc3sc(C)c(C)c23)CC1. The summed E-state index contributed by atoms with van der Waals surface area (Å²) < 4.78 is 5.89. The first kappa shape index (κ1) is 23.8. The summed E-state index contributed by atoms with van der Waals surface area (Å²) >= 11 is 1.71. The number of aryl methyl sites for hydroxylation is 3. The number of benzene rings is 2. The number of amides is 1. The van der Waals surface area contributed by atoms with Crippen molar-refractivity contribution >= 4 is 39.0 Å². The summed E-state index contributed by atoms with van der Waals surface area (Å²) in [6.07, 6.45) is 3.19. The second-order valence-corrected chi connectivity index (χ2v) is 10.3. The quantitative estimate of drug-likeness (QED) is 0.356. The first-order valence-corrected chi connectivity index (χ1v) is 12.8. The molecule has 4 aromatic rings. The molecule has 2 aromatic heterocycles. The van der Waals surface area contributed by atoms with Gasteiger partial charge in [-0.2, -0.15) is 5.26 Å². The largest absolute Gasteiger partial charge is 0.457 e. The molecule has 7 nitrogen and oxygen atoms in total. The summed E-state index contributed by atoms with van der Waals surface area (Å²) in [6.45, 7) is 7.78. The van der Waals surface area contributed by atoms with Crippen LogP contribution in [0.2, 0.25) is 0 Å². The zero-order valence-corrected chi connectivity index (χ0v) is 21.4.